The van der Waals surface area contributed by atoms with Crippen LogP contribution in [0.2, 0.25) is 0 Å². The zero-order valence-corrected chi connectivity index (χ0v) is 12.8. The lowest BCUT2D eigenvalue weighted by Crippen LogP contribution is -2.46. The van der Waals surface area contributed by atoms with E-state index in [-0.39, 0.29) is 25.0 Å². The van der Waals surface area contributed by atoms with Crippen molar-refractivity contribution < 1.29 is 14.7 Å². The number of rotatable bonds is 7. The molecule has 3 aliphatic carbocycles. The van der Waals surface area contributed by atoms with Gasteiger partial charge in [0.15, 0.2) is 0 Å². The van der Waals surface area contributed by atoms with Crippen LogP contribution in [-0.4, -0.2) is 47.1 Å². The number of nitrogens with zero attached hydrogens (tertiary/aromatic N) is 1. The van der Waals surface area contributed by atoms with Crippen molar-refractivity contribution in [2.45, 2.75) is 57.5 Å². The number of carbonyl (C=O) groups is 2. The van der Waals surface area contributed by atoms with Gasteiger partial charge in [0.1, 0.15) is 0 Å². The lowest BCUT2D eigenvalue weighted by molar-refractivity contribution is -0.139. The van der Waals surface area contributed by atoms with Crippen LogP contribution in [0.25, 0.3) is 0 Å². The fraction of sp³-hybridized carbons (Fsp3) is 0.875. The van der Waals surface area contributed by atoms with Crippen molar-refractivity contribution in [3.63, 3.8) is 0 Å². The molecule has 0 aliphatic heterocycles. The van der Waals surface area contributed by atoms with Crippen molar-refractivity contribution >= 4 is 11.9 Å². The maximum absolute atomic E-state index is 12.2. The van der Waals surface area contributed by atoms with Crippen molar-refractivity contribution in [2.24, 2.45) is 17.8 Å². The third kappa shape index (κ3) is 3.57. The number of carboxylic acid groups (broad SMARTS) is 1. The van der Waals surface area contributed by atoms with Gasteiger partial charge in [-0.3, -0.25) is 14.5 Å². The summed E-state index contributed by atoms with van der Waals surface area (Å²) in [5.74, 6) is 1.44. The van der Waals surface area contributed by atoms with E-state index in [1.54, 1.807) is 4.90 Å². The molecule has 0 aromatic carbocycles. The molecule has 0 radical (unpaired) electrons. The predicted octanol–water partition coefficient (Wildman–Crippen LogP) is 1.48. The Hall–Kier alpha value is -1.10. The molecule has 21 heavy (non-hydrogen) atoms. The number of nitrogens with one attached hydrogen (secondary N) is 1. The number of hydrogen-bond donors (Lipinski definition) is 2. The summed E-state index contributed by atoms with van der Waals surface area (Å²) >= 11 is 0. The lowest BCUT2D eigenvalue weighted by Gasteiger charge is -2.29. The van der Waals surface area contributed by atoms with E-state index < -0.39 is 5.97 Å². The summed E-state index contributed by atoms with van der Waals surface area (Å²) in [4.78, 5) is 24.9. The van der Waals surface area contributed by atoms with Crippen molar-refractivity contribution in [3.05, 3.63) is 0 Å². The average molecular weight is 294 g/mol. The minimum Gasteiger partial charge on any atom is -0.480 e. The van der Waals surface area contributed by atoms with E-state index in [0.717, 1.165) is 24.7 Å². The Bertz CT molecular complexity index is 422. The van der Waals surface area contributed by atoms with Crippen LogP contribution < -0.4 is 5.32 Å². The Morgan fingerprint density at radius 3 is 2.48 bits per heavy atom. The summed E-state index contributed by atoms with van der Waals surface area (Å²) in [6.45, 7) is 2.31. The highest BCUT2D eigenvalue weighted by Gasteiger charge is 2.42. The summed E-state index contributed by atoms with van der Waals surface area (Å²) in [6.07, 6.45) is 7.33. The molecule has 0 spiro atoms. The van der Waals surface area contributed by atoms with Gasteiger partial charge < -0.3 is 10.4 Å². The first kappa shape index (κ1) is 14.8. The summed E-state index contributed by atoms with van der Waals surface area (Å²) < 4.78 is 0. The van der Waals surface area contributed by atoms with Gasteiger partial charge in [-0.1, -0.05) is 6.42 Å². The van der Waals surface area contributed by atoms with Crippen molar-refractivity contribution in [3.8, 4) is 0 Å². The van der Waals surface area contributed by atoms with Crippen LogP contribution >= 0.6 is 0 Å². The highest BCUT2D eigenvalue weighted by molar-refractivity contribution is 5.79. The maximum Gasteiger partial charge on any atom is 0.317 e. The zero-order valence-electron chi connectivity index (χ0n) is 12.8. The van der Waals surface area contributed by atoms with E-state index in [1.165, 1.54) is 25.7 Å². The molecule has 3 aliphatic rings. The Morgan fingerprint density at radius 2 is 1.95 bits per heavy atom. The summed E-state index contributed by atoms with van der Waals surface area (Å²) in [6, 6.07) is 0.517. The number of hydrogen-bond acceptors (Lipinski definition) is 3. The van der Waals surface area contributed by atoms with Gasteiger partial charge in [-0.05, 0) is 56.8 Å². The molecule has 3 saturated carbocycles. The monoisotopic (exact) mass is 294 g/mol. The molecule has 0 saturated heterocycles. The molecule has 4 unspecified atom stereocenters. The molecule has 2 bridgehead atoms. The Balaban J connectivity index is 1.47. The largest absolute Gasteiger partial charge is 0.480 e. The highest BCUT2D eigenvalue weighted by Crippen LogP contribution is 2.49. The second-order valence-corrected chi connectivity index (χ2v) is 7.22. The third-order valence-corrected chi connectivity index (χ3v) is 5.57. The van der Waals surface area contributed by atoms with Crippen LogP contribution in [0, 0.1) is 17.8 Å². The third-order valence-electron chi connectivity index (χ3n) is 5.57. The highest BCUT2D eigenvalue weighted by atomic mass is 16.4. The van der Waals surface area contributed by atoms with E-state index >= 15 is 0 Å². The van der Waals surface area contributed by atoms with Crippen LogP contribution in [0.1, 0.15) is 45.4 Å². The van der Waals surface area contributed by atoms with Crippen LogP contribution in [-0.2, 0) is 9.59 Å². The van der Waals surface area contributed by atoms with Gasteiger partial charge in [0, 0.05) is 12.1 Å². The number of carbonyl (C=O) groups excluding carboxylic acids is 1. The van der Waals surface area contributed by atoms with Gasteiger partial charge >= 0.3 is 5.97 Å². The Morgan fingerprint density at radius 1 is 1.19 bits per heavy atom. The maximum atomic E-state index is 12.2. The molecule has 0 aromatic rings. The molecule has 3 rings (SSSR count). The molecule has 2 N–H and O–H groups in total. The fourth-order valence-corrected chi connectivity index (χ4v) is 4.42. The second kappa shape index (κ2) is 5.95. The molecule has 0 aromatic heterocycles. The van der Waals surface area contributed by atoms with E-state index in [9.17, 15) is 9.59 Å². The molecule has 5 nitrogen and oxygen atoms in total. The lowest BCUT2D eigenvalue weighted by atomic mass is 9.84. The predicted molar refractivity (Wildman–Crippen MR) is 78.8 cm³/mol. The van der Waals surface area contributed by atoms with Gasteiger partial charge in [0.05, 0.1) is 13.1 Å². The van der Waals surface area contributed by atoms with Crippen molar-refractivity contribution in [2.75, 3.05) is 13.1 Å². The molecular formula is C16H26N2O3. The number of amides is 1. The van der Waals surface area contributed by atoms with Crippen LogP contribution in [0.3, 0.4) is 0 Å². The molecule has 4 atom stereocenters. The van der Waals surface area contributed by atoms with Gasteiger partial charge in [-0.15, -0.1) is 0 Å². The first-order chi connectivity index (χ1) is 10.0. The SMILES string of the molecule is CC(NC(=O)CN(CC(=O)O)C1CC1)C1CC2CCC1C2. The minimum absolute atomic E-state index is 0.0153. The normalized spacial score (nSPS) is 32.4. The fourth-order valence-electron chi connectivity index (χ4n) is 4.42. The van der Waals surface area contributed by atoms with Crippen molar-refractivity contribution in [1.29, 1.82) is 0 Å². The summed E-state index contributed by atoms with van der Waals surface area (Å²) in [5.41, 5.74) is 0. The smallest absolute Gasteiger partial charge is 0.317 e. The topological polar surface area (TPSA) is 69.6 Å². The van der Waals surface area contributed by atoms with E-state index in [4.69, 9.17) is 5.11 Å². The van der Waals surface area contributed by atoms with E-state index in [2.05, 4.69) is 12.2 Å². The molecule has 3 fully saturated rings. The first-order valence-corrected chi connectivity index (χ1v) is 8.28. The standard InChI is InChI=1S/C16H26N2O3/c1-10(14-7-11-2-3-12(14)6-11)17-15(19)8-18(9-16(20)21)13-4-5-13/h10-14H,2-9H2,1H3,(H,17,19)(H,20,21). The van der Waals surface area contributed by atoms with Gasteiger partial charge in [-0.2, -0.15) is 0 Å². The van der Waals surface area contributed by atoms with Crippen LogP contribution in [0.4, 0.5) is 0 Å². The molecule has 1 amide bonds. The Kier molecular flexibility index (Phi) is 4.20. The van der Waals surface area contributed by atoms with E-state index in [1.807, 2.05) is 0 Å². The Labute approximate surface area is 126 Å². The number of aliphatic carboxylic acids is 1. The zero-order chi connectivity index (χ0) is 15.0. The van der Waals surface area contributed by atoms with Gasteiger partial charge in [0.25, 0.3) is 0 Å². The molecule has 118 valence electrons. The second-order valence-electron chi connectivity index (χ2n) is 7.22. The quantitative estimate of drug-likeness (QED) is 0.746. The number of carboxylic acids is 1. The summed E-state index contributed by atoms with van der Waals surface area (Å²) in [5, 5.41) is 12.0. The molecule has 0 heterocycles. The van der Waals surface area contributed by atoms with Gasteiger partial charge in [-0.25, -0.2) is 0 Å². The minimum atomic E-state index is -0.851. The van der Waals surface area contributed by atoms with Crippen LogP contribution in [0.5, 0.6) is 0 Å². The molecule has 5 heteroatoms. The van der Waals surface area contributed by atoms with Gasteiger partial charge in [0.2, 0.25) is 5.91 Å². The summed E-state index contributed by atoms with van der Waals surface area (Å²) in [7, 11) is 0. The van der Waals surface area contributed by atoms with Crippen molar-refractivity contribution in [1.82, 2.24) is 10.2 Å². The first-order valence-electron chi connectivity index (χ1n) is 8.28. The van der Waals surface area contributed by atoms with E-state index in [0.29, 0.717) is 12.0 Å². The van der Waals surface area contributed by atoms with Crippen LogP contribution in [0.15, 0.2) is 0 Å². The molecular weight excluding hydrogens is 268 g/mol. The number of fused-ring (bicyclic) bond motifs is 2. The average Bonchev–Trinajstić information content (AvgIpc) is 3.05.